The second kappa shape index (κ2) is 8.19. The molecule has 0 radical (unpaired) electrons. The zero-order valence-corrected chi connectivity index (χ0v) is 17.9. The molecule has 3 aromatic rings. The van der Waals surface area contributed by atoms with E-state index in [4.69, 9.17) is 16.7 Å². The number of pyridine rings is 1. The Morgan fingerprint density at radius 3 is 2.12 bits per heavy atom. The number of amides is 1. The summed E-state index contributed by atoms with van der Waals surface area (Å²) in [4.78, 5) is 31.1. The summed E-state index contributed by atoms with van der Waals surface area (Å²) in [7, 11) is -3.94. The number of ketones is 1. The van der Waals surface area contributed by atoms with E-state index < -0.39 is 27.8 Å². The molecule has 0 spiro atoms. The molecule has 8 nitrogen and oxygen atoms in total. The van der Waals surface area contributed by atoms with Gasteiger partial charge in [0.2, 0.25) is 10.0 Å². The fourth-order valence-electron chi connectivity index (χ4n) is 3.52. The number of hydrogen-bond acceptors (Lipinski definition) is 6. The van der Waals surface area contributed by atoms with Crippen molar-refractivity contribution in [2.24, 2.45) is 5.14 Å². The molecule has 1 aromatic heterocycles. The van der Waals surface area contributed by atoms with E-state index in [0.29, 0.717) is 16.1 Å². The molecule has 0 saturated carbocycles. The summed E-state index contributed by atoms with van der Waals surface area (Å²) < 4.78 is 23.2. The lowest BCUT2D eigenvalue weighted by Gasteiger charge is -2.25. The average molecular weight is 470 g/mol. The first-order chi connectivity index (χ1) is 15.2. The van der Waals surface area contributed by atoms with Gasteiger partial charge in [0.15, 0.2) is 0 Å². The zero-order valence-electron chi connectivity index (χ0n) is 16.3. The van der Waals surface area contributed by atoms with Crippen LogP contribution >= 0.6 is 11.6 Å². The van der Waals surface area contributed by atoms with Gasteiger partial charge in [0.25, 0.3) is 11.7 Å². The number of rotatable bonds is 4. The van der Waals surface area contributed by atoms with Crippen LogP contribution in [0, 0.1) is 0 Å². The van der Waals surface area contributed by atoms with Crippen LogP contribution < -0.4 is 10.0 Å². The van der Waals surface area contributed by atoms with Gasteiger partial charge >= 0.3 is 0 Å². The van der Waals surface area contributed by atoms with Crippen molar-refractivity contribution in [2.75, 3.05) is 4.90 Å². The number of anilines is 1. The van der Waals surface area contributed by atoms with E-state index in [1.807, 2.05) is 0 Å². The predicted octanol–water partition coefficient (Wildman–Crippen LogP) is 3.01. The summed E-state index contributed by atoms with van der Waals surface area (Å²) in [6.45, 7) is 0. The molecule has 1 fully saturated rings. The van der Waals surface area contributed by atoms with Crippen LogP contribution in [0.1, 0.15) is 17.2 Å². The van der Waals surface area contributed by atoms with Crippen molar-refractivity contribution in [3.05, 3.63) is 94.8 Å². The summed E-state index contributed by atoms with van der Waals surface area (Å²) in [5.41, 5.74) is 0.997. The number of sulfonamides is 1. The zero-order chi connectivity index (χ0) is 23.0. The van der Waals surface area contributed by atoms with Crippen molar-refractivity contribution in [3.63, 3.8) is 0 Å². The predicted molar refractivity (Wildman–Crippen MR) is 118 cm³/mol. The highest BCUT2D eigenvalue weighted by molar-refractivity contribution is 7.89. The van der Waals surface area contributed by atoms with Crippen molar-refractivity contribution >= 4 is 44.8 Å². The van der Waals surface area contributed by atoms with Crippen LogP contribution in [0.3, 0.4) is 0 Å². The molecule has 1 atom stereocenters. The first-order valence-electron chi connectivity index (χ1n) is 9.28. The highest BCUT2D eigenvalue weighted by Gasteiger charge is 2.47. The molecule has 1 aliphatic rings. The number of aliphatic hydroxyl groups excluding tert-OH is 1. The molecular weight excluding hydrogens is 454 g/mol. The van der Waals surface area contributed by atoms with E-state index in [1.165, 1.54) is 53.7 Å². The lowest BCUT2D eigenvalue weighted by atomic mass is 9.96. The van der Waals surface area contributed by atoms with Crippen molar-refractivity contribution in [2.45, 2.75) is 10.9 Å². The van der Waals surface area contributed by atoms with E-state index >= 15 is 0 Å². The van der Waals surface area contributed by atoms with Crippen LogP contribution in [0.25, 0.3) is 5.76 Å². The number of aliphatic hydroxyl groups is 1. The van der Waals surface area contributed by atoms with Gasteiger partial charge in [-0.15, -0.1) is 0 Å². The molecule has 1 aliphatic heterocycles. The number of aromatic nitrogens is 1. The third-order valence-electron chi connectivity index (χ3n) is 5.03. The quantitative estimate of drug-likeness (QED) is 0.343. The molecule has 32 heavy (non-hydrogen) atoms. The average Bonchev–Trinajstić information content (AvgIpc) is 3.04. The van der Waals surface area contributed by atoms with Gasteiger partial charge < -0.3 is 5.11 Å². The number of nitrogens with zero attached hydrogens (tertiary/aromatic N) is 2. The highest BCUT2D eigenvalue weighted by Crippen LogP contribution is 2.42. The Morgan fingerprint density at radius 2 is 1.56 bits per heavy atom. The molecule has 0 aliphatic carbocycles. The summed E-state index contributed by atoms with van der Waals surface area (Å²) in [6.07, 6.45) is 3.00. The van der Waals surface area contributed by atoms with Crippen molar-refractivity contribution < 1.29 is 23.1 Å². The Labute approximate surface area is 188 Å². The van der Waals surface area contributed by atoms with Crippen LogP contribution in [0.4, 0.5) is 5.69 Å². The summed E-state index contributed by atoms with van der Waals surface area (Å²) in [5, 5.41) is 16.6. The van der Waals surface area contributed by atoms with Gasteiger partial charge in [0, 0.05) is 28.7 Å². The molecule has 1 saturated heterocycles. The Morgan fingerprint density at radius 1 is 0.969 bits per heavy atom. The maximum absolute atomic E-state index is 13.0. The van der Waals surface area contributed by atoms with Gasteiger partial charge in [0.1, 0.15) is 5.76 Å². The van der Waals surface area contributed by atoms with E-state index in [1.54, 1.807) is 24.3 Å². The molecule has 162 valence electrons. The largest absolute Gasteiger partial charge is 0.507 e. The number of benzene rings is 2. The Kier molecular flexibility index (Phi) is 5.55. The molecule has 4 rings (SSSR count). The first-order valence-corrected chi connectivity index (χ1v) is 11.2. The maximum atomic E-state index is 13.0. The van der Waals surface area contributed by atoms with Crippen molar-refractivity contribution in [1.29, 1.82) is 0 Å². The maximum Gasteiger partial charge on any atom is 0.300 e. The van der Waals surface area contributed by atoms with Crippen LogP contribution in [-0.4, -0.2) is 30.2 Å². The fourth-order valence-corrected chi connectivity index (χ4v) is 4.16. The SMILES string of the molecule is NS(=O)(=O)c1ccc(N2C(=O)C(=O)/C(=C(/O)c3ccc(Cl)cc3)C2c2ccncc2)cc1. The molecule has 3 N–H and O–H groups in total. The Balaban J connectivity index is 1.90. The molecule has 1 amide bonds. The number of nitrogens with two attached hydrogens (primary N) is 1. The number of primary sulfonamides is 1. The van der Waals surface area contributed by atoms with Crippen molar-refractivity contribution in [1.82, 2.24) is 4.98 Å². The number of Topliss-reactive ketones (excluding diaryl/α,β-unsaturated/α-hetero) is 1. The standard InChI is InChI=1S/C22H16ClN3O5S/c23-15-3-1-14(2-4-15)20(27)18-19(13-9-11-25-12-10-13)26(22(29)21(18)28)16-5-7-17(8-6-16)32(24,30)31/h1-12,19,27H,(H2,24,30,31)/b20-18+. The van der Waals surface area contributed by atoms with Crippen LogP contribution in [-0.2, 0) is 19.6 Å². The van der Waals surface area contributed by atoms with Gasteiger partial charge in [-0.05, 0) is 66.2 Å². The fraction of sp³-hybridized carbons (Fsp3) is 0.0455. The second-order valence-electron chi connectivity index (χ2n) is 7.00. The summed E-state index contributed by atoms with van der Waals surface area (Å²) >= 11 is 5.91. The van der Waals surface area contributed by atoms with Crippen LogP contribution in [0.15, 0.2) is 83.5 Å². The third-order valence-corrected chi connectivity index (χ3v) is 6.21. The second-order valence-corrected chi connectivity index (χ2v) is 8.99. The topological polar surface area (TPSA) is 131 Å². The monoisotopic (exact) mass is 469 g/mol. The molecular formula is C22H16ClN3O5S. The minimum atomic E-state index is -3.94. The van der Waals surface area contributed by atoms with Gasteiger partial charge in [-0.3, -0.25) is 19.5 Å². The normalized spacial score (nSPS) is 18.2. The number of halogens is 1. The lowest BCUT2D eigenvalue weighted by Crippen LogP contribution is -2.29. The van der Waals surface area contributed by atoms with E-state index in [2.05, 4.69) is 4.98 Å². The molecule has 0 bridgehead atoms. The molecule has 1 unspecified atom stereocenters. The van der Waals surface area contributed by atoms with E-state index in [-0.39, 0.29) is 21.9 Å². The minimum Gasteiger partial charge on any atom is -0.507 e. The summed E-state index contributed by atoms with van der Waals surface area (Å²) in [6, 6.07) is 13.7. The number of carbonyl (C=O) groups excluding carboxylic acids is 2. The van der Waals surface area contributed by atoms with Gasteiger partial charge in [-0.2, -0.15) is 0 Å². The van der Waals surface area contributed by atoms with E-state index in [0.717, 1.165) is 0 Å². The van der Waals surface area contributed by atoms with Crippen LogP contribution in [0.5, 0.6) is 0 Å². The first kappa shape index (κ1) is 21.7. The molecule has 2 aromatic carbocycles. The Hall–Kier alpha value is -3.53. The van der Waals surface area contributed by atoms with E-state index in [9.17, 15) is 23.1 Å². The third kappa shape index (κ3) is 3.89. The minimum absolute atomic E-state index is 0.112. The lowest BCUT2D eigenvalue weighted by molar-refractivity contribution is -0.132. The van der Waals surface area contributed by atoms with Crippen molar-refractivity contribution in [3.8, 4) is 0 Å². The molecule has 2 heterocycles. The number of hydrogen-bond donors (Lipinski definition) is 2. The molecule has 10 heteroatoms. The summed E-state index contributed by atoms with van der Waals surface area (Å²) in [5.74, 6) is -2.11. The smallest absolute Gasteiger partial charge is 0.300 e. The van der Waals surface area contributed by atoms with Crippen LogP contribution in [0.2, 0.25) is 5.02 Å². The van der Waals surface area contributed by atoms with Gasteiger partial charge in [-0.25, -0.2) is 13.6 Å². The van der Waals surface area contributed by atoms with Gasteiger partial charge in [0.05, 0.1) is 16.5 Å². The number of carbonyl (C=O) groups is 2. The Bertz CT molecular complexity index is 1340. The highest BCUT2D eigenvalue weighted by atomic mass is 35.5. The van der Waals surface area contributed by atoms with Gasteiger partial charge in [-0.1, -0.05) is 11.6 Å².